The molecule has 20 aromatic rings. The van der Waals surface area contributed by atoms with Gasteiger partial charge in [-0.3, -0.25) is 0 Å². The van der Waals surface area contributed by atoms with Crippen molar-refractivity contribution in [2.75, 3.05) is 0 Å². The van der Waals surface area contributed by atoms with Crippen LogP contribution in [0.1, 0.15) is 187 Å². The SMILES string of the molecule is CCc1cc(-c2ccccc2)cc(CC)c1-n1cc[n+](C)c1-c1ccccc1C.Cc1cc2oc3ccccc3c2cc1-c1n(-c2c(C(C)C)cc(-c3ccccc3)cc2C(C)C)cc[n+]1C.Cc1cc2oc3ccccc3c2cc1-c1n(-c2c(C(C)C)cccc2C(C)C)cc[n+]1C.Cc1cc2oc3ccccc3c2cc1-c1n(-c2c(CC(C)C)cccc2CC(C)C)cc[n+]1C. The third-order valence-electron chi connectivity index (χ3n) is 26.7. The van der Waals surface area contributed by atoms with E-state index in [0.29, 0.717) is 35.5 Å². The van der Waals surface area contributed by atoms with Gasteiger partial charge in [0.05, 0.1) is 50.4 Å². The van der Waals surface area contributed by atoms with Gasteiger partial charge in [-0.15, -0.1) is 0 Å². The van der Waals surface area contributed by atoms with Crippen LogP contribution in [-0.2, 0) is 53.9 Å². The van der Waals surface area contributed by atoms with E-state index >= 15 is 0 Å². The third kappa shape index (κ3) is 17.9. The summed E-state index contributed by atoms with van der Waals surface area (Å²) in [6.07, 6.45) is 21.7. The fourth-order valence-electron chi connectivity index (χ4n) is 20.1. The Morgan fingerprint density at radius 1 is 0.248 bits per heavy atom. The summed E-state index contributed by atoms with van der Waals surface area (Å²) in [6.45, 7) is 40.8. The van der Waals surface area contributed by atoms with Crippen molar-refractivity contribution in [1.82, 2.24) is 18.3 Å². The number of para-hydroxylation sites is 5. The molecule has 0 radical (unpaired) electrons. The van der Waals surface area contributed by atoms with E-state index in [4.69, 9.17) is 13.3 Å². The predicted molar refractivity (Wildman–Crippen MR) is 553 cm³/mol. The normalized spacial score (nSPS) is 11.8. The van der Waals surface area contributed by atoms with Gasteiger partial charge in [0.15, 0.2) is 0 Å². The first-order valence-corrected chi connectivity index (χ1v) is 48.0. The third-order valence-corrected chi connectivity index (χ3v) is 26.7. The monoisotopic (exact) mass is 1760 g/mol. The minimum Gasteiger partial charge on any atom is -0.456 e. The molecule has 13 aromatic carbocycles. The molecule has 20 rings (SSSR count). The molecule has 133 heavy (non-hydrogen) atoms. The van der Waals surface area contributed by atoms with E-state index in [-0.39, 0.29) is 0 Å². The number of aryl methyl sites for hydroxylation is 10. The van der Waals surface area contributed by atoms with Gasteiger partial charge in [-0.25, -0.2) is 18.3 Å². The highest BCUT2D eigenvalue weighted by molar-refractivity contribution is 6.09. The van der Waals surface area contributed by atoms with Crippen molar-refractivity contribution < 1.29 is 31.5 Å². The molecule has 672 valence electrons. The Hall–Kier alpha value is -13.9. The number of benzene rings is 13. The Balaban J connectivity index is 0.000000124. The van der Waals surface area contributed by atoms with Gasteiger partial charge in [0, 0.05) is 54.6 Å². The number of furan rings is 3. The zero-order valence-electron chi connectivity index (χ0n) is 82.0. The molecular formula is C122H130N8O3+4. The van der Waals surface area contributed by atoms with Crippen LogP contribution >= 0.6 is 0 Å². The van der Waals surface area contributed by atoms with Crippen molar-refractivity contribution in [1.29, 1.82) is 0 Å². The maximum absolute atomic E-state index is 6.19. The number of nitrogens with zero attached hydrogens (tertiary/aromatic N) is 8. The van der Waals surface area contributed by atoms with Crippen molar-refractivity contribution >= 4 is 65.8 Å². The van der Waals surface area contributed by atoms with E-state index < -0.39 is 0 Å². The molecule has 0 bridgehead atoms. The Morgan fingerprint density at radius 2 is 0.549 bits per heavy atom. The first-order chi connectivity index (χ1) is 64.2. The van der Waals surface area contributed by atoms with Gasteiger partial charge in [0.25, 0.3) is 23.3 Å². The fraction of sp³-hybridized carbons (Fsp3) is 0.262. The molecule has 11 heteroatoms. The van der Waals surface area contributed by atoms with E-state index in [1.165, 1.54) is 168 Å². The molecule has 0 fully saturated rings. The Labute approximate surface area is 786 Å². The second-order valence-electron chi connectivity index (χ2n) is 38.6. The minimum absolute atomic E-state index is 0.369. The molecule has 11 nitrogen and oxygen atoms in total. The van der Waals surface area contributed by atoms with Gasteiger partial charge < -0.3 is 13.3 Å². The van der Waals surface area contributed by atoms with E-state index in [0.717, 1.165) is 80.7 Å². The predicted octanol–water partition coefficient (Wildman–Crippen LogP) is 30.2. The summed E-state index contributed by atoms with van der Waals surface area (Å²) in [6, 6.07) is 91.6. The van der Waals surface area contributed by atoms with Gasteiger partial charge in [0.2, 0.25) is 0 Å². The van der Waals surface area contributed by atoms with Crippen molar-refractivity contribution in [2.45, 2.75) is 174 Å². The van der Waals surface area contributed by atoms with E-state index in [1.54, 1.807) is 0 Å². The van der Waals surface area contributed by atoms with Crippen LogP contribution in [0.3, 0.4) is 0 Å². The highest BCUT2D eigenvalue weighted by Crippen LogP contribution is 2.44. The smallest absolute Gasteiger partial charge is 0.294 e. The highest BCUT2D eigenvalue weighted by atomic mass is 16.3. The summed E-state index contributed by atoms with van der Waals surface area (Å²) in [4.78, 5) is 0. The molecule has 7 aromatic heterocycles. The van der Waals surface area contributed by atoms with E-state index in [1.807, 2.05) is 36.4 Å². The molecule has 0 atom stereocenters. The molecule has 0 aliphatic carbocycles. The van der Waals surface area contributed by atoms with Crippen molar-refractivity contribution in [3.05, 3.63) is 371 Å². The number of hydrogen-bond donors (Lipinski definition) is 0. The molecular weight excluding hydrogens is 1630 g/mol. The molecule has 0 saturated carbocycles. The van der Waals surface area contributed by atoms with Gasteiger partial charge >= 0.3 is 0 Å². The lowest BCUT2D eigenvalue weighted by atomic mass is 9.88. The van der Waals surface area contributed by atoms with Crippen LogP contribution in [0.5, 0.6) is 0 Å². The maximum Gasteiger partial charge on any atom is 0.294 e. The lowest BCUT2D eigenvalue weighted by molar-refractivity contribution is -0.659. The molecule has 0 N–H and O–H groups in total. The molecule has 7 heterocycles. The molecule has 0 spiro atoms. The first-order valence-electron chi connectivity index (χ1n) is 48.0. The largest absolute Gasteiger partial charge is 0.456 e. The van der Waals surface area contributed by atoms with Gasteiger partial charge in [0.1, 0.15) is 106 Å². The van der Waals surface area contributed by atoms with Crippen molar-refractivity contribution in [2.24, 2.45) is 40.0 Å². The summed E-state index contributed by atoms with van der Waals surface area (Å²) in [5, 5.41) is 6.97. The molecule has 0 amide bonds. The average molecular weight is 1760 g/mol. The summed E-state index contributed by atoms with van der Waals surface area (Å²) in [7, 11) is 8.56. The first kappa shape index (κ1) is 91.0. The zero-order chi connectivity index (χ0) is 93.5. The molecule has 0 saturated heterocycles. The van der Waals surface area contributed by atoms with Gasteiger partial charge in [-0.05, 0) is 241 Å². The topological polar surface area (TPSA) is 74.7 Å². The van der Waals surface area contributed by atoms with Crippen LogP contribution in [0.25, 0.3) is 156 Å². The van der Waals surface area contributed by atoms with Gasteiger partial charge in [-0.1, -0.05) is 267 Å². The van der Waals surface area contributed by atoms with E-state index in [2.05, 4.69) is 457 Å². The van der Waals surface area contributed by atoms with Crippen LogP contribution < -0.4 is 18.3 Å². The number of rotatable bonds is 20. The Kier molecular flexibility index (Phi) is 26.3. The molecule has 0 aliphatic rings. The molecule has 0 unspecified atom stereocenters. The second kappa shape index (κ2) is 38.5. The summed E-state index contributed by atoms with van der Waals surface area (Å²) in [5.74, 6) is 7.58. The maximum atomic E-state index is 6.19. The number of imidazole rings is 4. The second-order valence-corrected chi connectivity index (χ2v) is 38.6. The highest BCUT2D eigenvalue weighted by Gasteiger charge is 2.34. The van der Waals surface area contributed by atoms with Crippen molar-refractivity contribution in [3.63, 3.8) is 0 Å². The minimum atomic E-state index is 0.369. The standard InChI is InChI=1S/C35H35N2O.C31H35N2O.C29H31N2O.C27H29N2/c1-22(2)28-19-26(25-12-8-7-9-13-25)20-29(23(3)4)34(28)37-17-16-36(6)35(37)30-21-31-27-14-10-11-15-32(27)38-33(31)18-24(30)5;1-20(2)16-23-10-9-11-24(17-21(3)4)30(23)33-15-14-32(6)31(33)26-19-27-25-12-7-8-13-28(25)34-29(27)18-22(26)5;1-18(2)21-11-9-12-22(19(3)4)28(21)31-15-14-30(6)29(31)24-17-25-23-10-7-8-13-26(23)32-27(25)16-20(24)5;1-5-21-18-24(23-13-8-7-9-14-23)19-22(6-2)26(21)29-17-16-28(4)27(29)25-15-11-10-12-20(25)3/h7-23H,1-6H3;7-15,18-21H,16-17H2,1-6H3;7-19H,1-6H3;7-19H,5-6H2,1-4H3/q4*+1. The average Bonchev–Trinajstić information content (AvgIpc) is 1.61. The van der Waals surface area contributed by atoms with Crippen LogP contribution in [0.15, 0.2) is 318 Å². The Bertz CT molecular complexity index is 7540. The van der Waals surface area contributed by atoms with Crippen molar-refractivity contribution in [3.8, 4) is 90.6 Å². The quantitative estimate of drug-likeness (QED) is 0.0714. The number of hydrogen-bond acceptors (Lipinski definition) is 3. The fourth-order valence-corrected chi connectivity index (χ4v) is 20.1. The summed E-state index contributed by atoms with van der Waals surface area (Å²) >= 11 is 0. The van der Waals surface area contributed by atoms with Gasteiger partial charge in [-0.2, -0.15) is 18.3 Å². The number of fused-ring (bicyclic) bond motifs is 9. The van der Waals surface area contributed by atoms with Crippen LogP contribution in [0.2, 0.25) is 0 Å². The Morgan fingerprint density at radius 3 is 0.895 bits per heavy atom. The number of aromatic nitrogens is 8. The van der Waals surface area contributed by atoms with Crippen LogP contribution in [0.4, 0.5) is 0 Å². The zero-order valence-corrected chi connectivity index (χ0v) is 82.0. The lowest BCUT2D eigenvalue weighted by Gasteiger charge is -2.20. The molecule has 0 aliphatic heterocycles. The summed E-state index contributed by atoms with van der Waals surface area (Å²) < 4.78 is 37.1. The lowest BCUT2D eigenvalue weighted by Crippen LogP contribution is -2.29. The van der Waals surface area contributed by atoms with Crippen LogP contribution in [0, 0.1) is 39.5 Å². The van der Waals surface area contributed by atoms with E-state index in [9.17, 15) is 0 Å². The van der Waals surface area contributed by atoms with Crippen LogP contribution in [-0.4, -0.2) is 18.3 Å². The summed E-state index contributed by atoms with van der Waals surface area (Å²) in [5.41, 5.74) is 37.0.